The highest BCUT2D eigenvalue weighted by molar-refractivity contribution is 5.95. The molecule has 2 heterocycles. The molecule has 0 unspecified atom stereocenters. The number of nitrogens with zero attached hydrogens (tertiary/aromatic N) is 2. The lowest BCUT2D eigenvalue weighted by Gasteiger charge is -2.23. The number of rotatable bonds is 7. The summed E-state index contributed by atoms with van der Waals surface area (Å²) >= 11 is 0. The summed E-state index contributed by atoms with van der Waals surface area (Å²) in [5.74, 6) is 0.0706. The van der Waals surface area contributed by atoms with E-state index in [0.29, 0.717) is 13.1 Å². The van der Waals surface area contributed by atoms with Crippen LogP contribution in [-0.2, 0) is 22.7 Å². The number of carbonyl (C=O) groups excluding carboxylic acids is 2. The van der Waals surface area contributed by atoms with E-state index in [1.807, 2.05) is 29.2 Å². The van der Waals surface area contributed by atoms with E-state index in [-0.39, 0.29) is 17.9 Å². The molecule has 2 amide bonds. The Kier molecular flexibility index (Phi) is 6.87. The molecule has 2 aliphatic rings. The van der Waals surface area contributed by atoms with Crippen molar-refractivity contribution >= 4 is 23.2 Å². The zero-order valence-electron chi connectivity index (χ0n) is 18.3. The molecule has 2 aliphatic heterocycles. The molecule has 6 nitrogen and oxygen atoms in total. The number of anilines is 2. The van der Waals surface area contributed by atoms with Crippen LogP contribution in [0.25, 0.3) is 0 Å². The van der Waals surface area contributed by atoms with Crippen LogP contribution in [0.3, 0.4) is 0 Å². The van der Waals surface area contributed by atoms with Crippen molar-refractivity contribution in [3.05, 3.63) is 59.7 Å². The Morgan fingerprint density at radius 1 is 0.968 bits per heavy atom. The zero-order valence-corrected chi connectivity index (χ0v) is 18.3. The molecule has 164 valence electrons. The molecule has 0 radical (unpaired) electrons. The highest BCUT2D eigenvalue weighted by Gasteiger charge is 2.22. The van der Waals surface area contributed by atoms with Gasteiger partial charge in [-0.3, -0.25) is 9.59 Å². The van der Waals surface area contributed by atoms with Gasteiger partial charge in [-0.05, 0) is 67.6 Å². The predicted molar refractivity (Wildman–Crippen MR) is 124 cm³/mol. The van der Waals surface area contributed by atoms with Gasteiger partial charge in [-0.25, -0.2) is 0 Å². The van der Waals surface area contributed by atoms with Crippen molar-refractivity contribution in [2.75, 3.05) is 29.9 Å². The van der Waals surface area contributed by atoms with E-state index in [1.54, 1.807) is 6.92 Å². The minimum Gasteiger partial charge on any atom is -0.372 e. The monoisotopic (exact) mass is 420 g/mol. The first-order chi connectivity index (χ1) is 15.1. The Morgan fingerprint density at radius 3 is 2.13 bits per heavy atom. The third-order valence-electron chi connectivity index (χ3n) is 6.20. The molecule has 0 saturated carbocycles. The summed E-state index contributed by atoms with van der Waals surface area (Å²) in [4.78, 5) is 28.8. The second kappa shape index (κ2) is 9.96. The molecular weight excluding hydrogens is 388 g/mol. The minimum atomic E-state index is -0.0928. The maximum atomic E-state index is 12.2. The molecule has 2 saturated heterocycles. The Labute approximate surface area is 184 Å². The lowest BCUT2D eigenvalue weighted by Crippen LogP contribution is -2.35. The van der Waals surface area contributed by atoms with Crippen molar-refractivity contribution in [2.45, 2.75) is 51.7 Å². The Balaban J connectivity index is 1.34. The van der Waals surface area contributed by atoms with Gasteiger partial charge >= 0.3 is 0 Å². The van der Waals surface area contributed by atoms with E-state index in [4.69, 9.17) is 0 Å². The van der Waals surface area contributed by atoms with Gasteiger partial charge in [0.25, 0.3) is 0 Å². The average Bonchev–Trinajstić information content (AvgIpc) is 3.49. The van der Waals surface area contributed by atoms with Gasteiger partial charge in [0.1, 0.15) is 0 Å². The third kappa shape index (κ3) is 5.64. The summed E-state index contributed by atoms with van der Waals surface area (Å²) in [6, 6.07) is 16.2. The number of hydrogen-bond donors (Lipinski definition) is 2. The molecule has 4 rings (SSSR count). The molecule has 2 aromatic carbocycles. The molecule has 0 aromatic heterocycles. The molecule has 0 spiro atoms. The third-order valence-corrected chi connectivity index (χ3v) is 6.20. The highest BCUT2D eigenvalue weighted by atomic mass is 16.2. The zero-order chi connectivity index (χ0) is 21.6. The van der Waals surface area contributed by atoms with Crippen LogP contribution >= 0.6 is 0 Å². The topological polar surface area (TPSA) is 64.7 Å². The van der Waals surface area contributed by atoms with Crippen molar-refractivity contribution in [1.29, 1.82) is 0 Å². The van der Waals surface area contributed by atoms with Gasteiger partial charge in [0.05, 0.1) is 6.04 Å². The molecule has 1 atom stereocenters. The van der Waals surface area contributed by atoms with Crippen LogP contribution in [0.4, 0.5) is 11.4 Å². The number of hydrogen-bond acceptors (Lipinski definition) is 4. The average molecular weight is 421 g/mol. The fourth-order valence-electron chi connectivity index (χ4n) is 4.34. The van der Waals surface area contributed by atoms with Gasteiger partial charge in [0, 0.05) is 44.5 Å². The van der Waals surface area contributed by atoms with Crippen molar-refractivity contribution in [2.24, 2.45) is 0 Å². The first-order valence-electron chi connectivity index (χ1n) is 11.3. The molecule has 31 heavy (non-hydrogen) atoms. The summed E-state index contributed by atoms with van der Waals surface area (Å²) in [6.45, 7) is 5.91. The maximum absolute atomic E-state index is 12.2. The predicted octanol–water partition coefficient (Wildman–Crippen LogP) is 3.53. The fourth-order valence-corrected chi connectivity index (χ4v) is 4.34. The SMILES string of the molecule is CC(=O)N(Cc1ccc(NC(=O)[C@@H]2CCCN2)cc1)Cc1ccc(N2CCCC2)cc1. The maximum Gasteiger partial charge on any atom is 0.241 e. The summed E-state index contributed by atoms with van der Waals surface area (Å²) in [5, 5.41) is 6.18. The van der Waals surface area contributed by atoms with Gasteiger partial charge in [-0.15, -0.1) is 0 Å². The van der Waals surface area contributed by atoms with E-state index in [0.717, 1.165) is 49.3 Å². The number of nitrogens with one attached hydrogen (secondary N) is 2. The smallest absolute Gasteiger partial charge is 0.241 e. The van der Waals surface area contributed by atoms with Crippen molar-refractivity contribution in [3.8, 4) is 0 Å². The normalized spacial score (nSPS) is 18.2. The van der Waals surface area contributed by atoms with Gasteiger partial charge in [-0.1, -0.05) is 24.3 Å². The molecule has 0 aliphatic carbocycles. The Hall–Kier alpha value is -2.86. The van der Waals surface area contributed by atoms with Crippen LogP contribution in [0, 0.1) is 0 Å². The molecule has 2 N–H and O–H groups in total. The summed E-state index contributed by atoms with van der Waals surface area (Å²) in [7, 11) is 0. The van der Waals surface area contributed by atoms with E-state index in [9.17, 15) is 9.59 Å². The van der Waals surface area contributed by atoms with Crippen LogP contribution in [-0.4, -0.2) is 42.4 Å². The van der Waals surface area contributed by atoms with E-state index < -0.39 is 0 Å². The van der Waals surface area contributed by atoms with Crippen LogP contribution < -0.4 is 15.5 Å². The van der Waals surface area contributed by atoms with E-state index in [1.165, 1.54) is 18.5 Å². The van der Waals surface area contributed by atoms with Crippen molar-refractivity contribution < 1.29 is 9.59 Å². The van der Waals surface area contributed by atoms with Gasteiger partial charge < -0.3 is 20.4 Å². The molecule has 2 aromatic rings. The molecule has 0 bridgehead atoms. The van der Waals surface area contributed by atoms with Gasteiger partial charge in [0.2, 0.25) is 11.8 Å². The largest absolute Gasteiger partial charge is 0.372 e. The number of amides is 2. The van der Waals surface area contributed by atoms with Crippen molar-refractivity contribution in [1.82, 2.24) is 10.2 Å². The lowest BCUT2D eigenvalue weighted by molar-refractivity contribution is -0.130. The second-order valence-electron chi connectivity index (χ2n) is 8.57. The first-order valence-corrected chi connectivity index (χ1v) is 11.3. The van der Waals surface area contributed by atoms with Gasteiger partial charge in [0.15, 0.2) is 0 Å². The minimum absolute atomic E-state index is 0.0213. The van der Waals surface area contributed by atoms with E-state index >= 15 is 0 Å². The van der Waals surface area contributed by atoms with Crippen LogP contribution in [0.5, 0.6) is 0 Å². The van der Waals surface area contributed by atoms with Crippen LogP contribution in [0.1, 0.15) is 43.7 Å². The molecular formula is C25H32N4O2. The van der Waals surface area contributed by atoms with Gasteiger partial charge in [-0.2, -0.15) is 0 Å². The number of benzene rings is 2. The Morgan fingerprint density at radius 2 is 1.58 bits per heavy atom. The summed E-state index contributed by atoms with van der Waals surface area (Å²) < 4.78 is 0. The van der Waals surface area contributed by atoms with Crippen molar-refractivity contribution in [3.63, 3.8) is 0 Å². The molecule has 2 fully saturated rings. The van der Waals surface area contributed by atoms with Crippen LogP contribution in [0.15, 0.2) is 48.5 Å². The Bertz CT molecular complexity index is 883. The number of carbonyl (C=O) groups is 2. The summed E-state index contributed by atoms with van der Waals surface area (Å²) in [5.41, 5.74) is 4.22. The highest BCUT2D eigenvalue weighted by Crippen LogP contribution is 2.21. The lowest BCUT2D eigenvalue weighted by atomic mass is 10.1. The molecule has 6 heteroatoms. The first kappa shape index (κ1) is 21.4. The quantitative estimate of drug-likeness (QED) is 0.719. The summed E-state index contributed by atoms with van der Waals surface area (Å²) in [6.07, 6.45) is 4.45. The fraction of sp³-hybridized carbons (Fsp3) is 0.440. The second-order valence-corrected chi connectivity index (χ2v) is 8.57. The standard InChI is InChI=1S/C25H32N4O2/c1-19(30)29(18-21-8-12-23(13-9-21)28-15-2-3-16-28)17-20-6-10-22(11-7-20)27-25(31)24-5-4-14-26-24/h6-13,24,26H,2-5,14-18H2,1H3,(H,27,31)/t24-/m0/s1. The van der Waals surface area contributed by atoms with E-state index in [2.05, 4.69) is 39.8 Å². The van der Waals surface area contributed by atoms with Crippen LogP contribution in [0.2, 0.25) is 0 Å².